The second-order valence-electron chi connectivity index (χ2n) is 4.33. The first kappa shape index (κ1) is 15.5. The Kier molecular flexibility index (Phi) is 4.29. The number of hydrogen-bond acceptors (Lipinski definition) is 3. The van der Waals surface area contributed by atoms with Gasteiger partial charge in [0.1, 0.15) is 5.82 Å². The molecule has 2 aromatic rings. The summed E-state index contributed by atoms with van der Waals surface area (Å²) >= 11 is 5.81. The minimum Gasteiger partial charge on any atom is -0.478 e. The van der Waals surface area contributed by atoms with Crippen LogP contribution in [0.15, 0.2) is 47.4 Å². The molecule has 0 amide bonds. The van der Waals surface area contributed by atoms with Gasteiger partial charge in [0.2, 0.25) is 0 Å². The second-order valence-corrected chi connectivity index (χ2v) is 6.72. The Morgan fingerprint density at radius 2 is 1.90 bits per heavy atom. The summed E-state index contributed by atoms with van der Waals surface area (Å²) in [6, 6.07) is 8.46. The molecular weight excluding hydrogens is 319 g/mol. The van der Waals surface area contributed by atoms with Crippen molar-refractivity contribution in [2.45, 2.75) is 10.6 Å². The summed E-state index contributed by atoms with van der Waals surface area (Å²) in [7, 11) is -3.77. The highest BCUT2D eigenvalue weighted by molar-refractivity contribution is 7.90. The van der Waals surface area contributed by atoms with Gasteiger partial charge in [-0.3, -0.25) is 0 Å². The fourth-order valence-corrected chi connectivity index (χ4v) is 3.48. The fourth-order valence-electron chi connectivity index (χ4n) is 1.75. The first-order valence-electron chi connectivity index (χ1n) is 5.79. The normalized spacial score (nSPS) is 11.3. The topological polar surface area (TPSA) is 71.4 Å². The summed E-state index contributed by atoms with van der Waals surface area (Å²) in [5.41, 5.74) is 0.125. The van der Waals surface area contributed by atoms with Gasteiger partial charge in [-0.05, 0) is 35.9 Å². The summed E-state index contributed by atoms with van der Waals surface area (Å²) in [5.74, 6) is -2.21. The van der Waals surface area contributed by atoms with Crippen molar-refractivity contribution in [3.8, 4) is 0 Å². The van der Waals surface area contributed by atoms with Crippen LogP contribution in [0.4, 0.5) is 4.39 Å². The number of carboxylic acids is 1. The maximum absolute atomic E-state index is 12.9. The highest BCUT2D eigenvalue weighted by Crippen LogP contribution is 2.23. The van der Waals surface area contributed by atoms with E-state index in [1.807, 2.05) is 0 Å². The van der Waals surface area contributed by atoms with Crippen molar-refractivity contribution in [1.82, 2.24) is 0 Å². The van der Waals surface area contributed by atoms with Crippen molar-refractivity contribution in [3.05, 3.63) is 64.4 Å². The predicted molar refractivity (Wildman–Crippen MR) is 75.7 cm³/mol. The van der Waals surface area contributed by atoms with Crippen molar-refractivity contribution in [1.29, 1.82) is 0 Å². The van der Waals surface area contributed by atoms with Crippen LogP contribution in [0.25, 0.3) is 0 Å². The third kappa shape index (κ3) is 3.59. The molecule has 2 aromatic carbocycles. The zero-order valence-electron chi connectivity index (χ0n) is 10.6. The van der Waals surface area contributed by atoms with E-state index in [2.05, 4.69) is 0 Å². The van der Waals surface area contributed by atoms with Crippen LogP contribution >= 0.6 is 11.6 Å². The number of sulfone groups is 1. The lowest BCUT2D eigenvalue weighted by Gasteiger charge is -2.07. The molecule has 0 aromatic heterocycles. The van der Waals surface area contributed by atoms with E-state index in [0.29, 0.717) is 0 Å². The molecule has 0 unspecified atom stereocenters. The zero-order chi connectivity index (χ0) is 15.6. The standard InChI is InChI=1S/C14H10ClFO4S/c15-13-7-11(16)5-4-10(13)8-21(19,20)12-3-1-2-9(6-12)14(17)18/h1-7H,8H2,(H,17,18). The molecule has 0 aliphatic rings. The zero-order valence-corrected chi connectivity index (χ0v) is 12.2. The van der Waals surface area contributed by atoms with Crippen molar-refractivity contribution in [2.75, 3.05) is 0 Å². The van der Waals surface area contributed by atoms with E-state index in [1.165, 1.54) is 24.3 Å². The molecule has 2 rings (SSSR count). The quantitative estimate of drug-likeness (QED) is 0.935. The number of hydrogen-bond donors (Lipinski definition) is 1. The average Bonchev–Trinajstić information content (AvgIpc) is 2.42. The third-order valence-electron chi connectivity index (χ3n) is 2.80. The lowest BCUT2D eigenvalue weighted by Crippen LogP contribution is -2.07. The fraction of sp³-hybridized carbons (Fsp3) is 0.0714. The van der Waals surface area contributed by atoms with Gasteiger partial charge in [0.15, 0.2) is 9.84 Å². The van der Waals surface area contributed by atoms with Gasteiger partial charge in [0.05, 0.1) is 16.2 Å². The second kappa shape index (κ2) is 5.83. The Bertz CT molecular complexity index is 802. The highest BCUT2D eigenvalue weighted by atomic mass is 35.5. The van der Waals surface area contributed by atoms with Gasteiger partial charge in [-0.15, -0.1) is 0 Å². The Hall–Kier alpha value is -1.92. The molecule has 4 nitrogen and oxygen atoms in total. The van der Waals surface area contributed by atoms with E-state index in [4.69, 9.17) is 16.7 Å². The molecule has 0 aliphatic carbocycles. The summed E-state index contributed by atoms with van der Waals surface area (Å²) in [5, 5.41) is 8.89. The van der Waals surface area contributed by atoms with E-state index in [9.17, 15) is 17.6 Å². The average molecular weight is 329 g/mol. The van der Waals surface area contributed by atoms with E-state index >= 15 is 0 Å². The van der Waals surface area contributed by atoms with Gasteiger partial charge < -0.3 is 5.11 Å². The van der Waals surface area contributed by atoms with Crippen LogP contribution in [0, 0.1) is 5.82 Å². The third-order valence-corrected chi connectivity index (χ3v) is 4.82. The lowest BCUT2D eigenvalue weighted by molar-refractivity contribution is 0.0696. The van der Waals surface area contributed by atoms with Crippen molar-refractivity contribution in [3.63, 3.8) is 0 Å². The van der Waals surface area contributed by atoms with Gasteiger partial charge in [-0.2, -0.15) is 0 Å². The maximum atomic E-state index is 12.9. The molecule has 0 bridgehead atoms. The van der Waals surface area contributed by atoms with E-state index in [-0.39, 0.29) is 21.0 Å². The number of benzene rings is 2. The molecular formula is C14H10ClFO4S. The van der Waals surface area contributed by atoms with Crippen LogP contribution in [-0.2, 0) is 15.6 Å². The summed E-state index contributed by atoms with van der Waals surface area (Å²) in [4.78, 5) is 10.7. The largest absolute Gasteiger partial charge is 0.478 e. The molecule has 0 saturated heterocycles. The lowest BCUT2D eigenvalue weighted by atomic mass is 10.2. The van der Waals surface area contributed by atoms with Gasteiger partial charge in [-0.1, -0.05) is 23.7 Å². The van der Waals surface area contributed by atoms with Crippen LogP contribution in [-0.4, -0.2) is 19.5 Å². The molecule has 0 saturated carbocycles. The summed E-state index contributed by atoms with van der Waals surface area (Å²) in [6.45, 7) is 0. The minimum atomic E-state index is -3.77. The summed E-state index contributed by atoms with van der Waals surface area (Å²) in [6.07, 6.45) is 0. The predicted octanol–water partition coefficient (Wildman–Crippen LogP) is 3.15. The maximum Gasteiger partial charge on any atom is 0.335 e. The van der Waals surface area contributed by atoms with E-state index < -0.39 is 27.4 Å². The monoisotopic (exact) mass is 328 g/mol. The van der Waals surface area contributed by atoms with Crippen LogP contribution in [0.2, 0.25) is 5.02 Å². The van der Waals surface area contributed by atoms with Crippen LogP contribution in [0.1, 0.15) is 15.9 Å². The van der Waals surface area contributed by atoms with Crippen molar-refractivity contribution in [2.24, 2.45) is 0 Å². The molecule has 0 heterocycles. The number of halogens is 2. The molecule has 7 heteroatoms. The molecule has 1 N–H and O–H groups in total. The number of carboxylic acid groups (broad SMARTS) is 1. The van der Waals surface area contributed by atoms with Gasteiger partial charge >= 0.3 is 5.97 Å². The van der Waals surface area contributed by atoms with Crippen LogP contribution in [0.5, 0.6) is 0 Å². The van der Waals surface area contributed by atoms with Gasteiger partial charge in [-0.25, -0.2) is 17.6 Å². The Morgan fingerprint density at radius 3 is 2.52 bits per heavy atom. The minimum absolute atomic E-state index is 0.00737. The van der Waals surface area contributed by atoms with Crippen LogP contribution < -0.4 is 0 Å². The SMILES string of the molecule is O=C(O)c1cccc(S(=O)(=O)Cc2ccc(F)cc2Cl)c1. The van der Waals surface area contributed by atoms with Crippen molar-refractivity contribution >= 4 is 27.4 Å². The summed E-state index contributed by atoms with van der Waals surface area (Å²) < 4.78 is 37.5. The molecule has 0 aliphatic heterocycles. The number of aromatic carboxylic acids is 1. The first-order chi connectivity index (χ1) is 9.79. The smallest absolute Gasteiger partial charge is 0.335 e. The number of rotatable bonds is 4. The van der Waals surface area contributed by atoms with Crippen molar-refractivity contribution < 1.29 is 22.7 Å². The molecule has 0 fully saturated rings. The Morgan fingerprint density at radius 1 is 1.19 bits per heavy atom. The molecule has 0 radical (unpaired) electrons. The van der Waals surface area contributed by atoms with Crippen LogP contribution in [0.3, 0.4) is 0 Å². The van der Waals surface area contributed by atoms with Gasteiger partial charge in [0, 0.05) is 5.02 Å². The molecule has 110 valence electrons. The first-order valence-corrected chi connectivity index (χ1v) is 7.83. The Balaban J connectivity index is 2.38. The molecule has 0 atom stereocenters. The highest BCUT2D eigenvalue weighted by Gasteiger charge is 2.18. The van der Waals surface area contributed by atoms with E-state index in [0.717, 1.165) is 18.2 Å². The Labute approximate surface area is 125 Å². The van der Waals surface area contributed by atoms with Gasteiger partial charge in [0.25, 0.3) is 0 Å². The van der Waals surface area contributed by atoms with E-state index in [1.54, 1.807) is 0 Å². The number of carbonyl (C=O) groups is 1. The molecule has 0 spiro atoms. The molecule has 21 heavy (non-hydrogen) atoms.